The topological polar surface area (TPSA) is 81.5 Å². The van der Waals surface area contributed by atoms with Crippen LogP contribution in [0.5, 0.6) is 11.5 Å². The molecule has 1 aromatic carbocycles. The molecule has 0 amide bonds. The minimum atomic E-state index is -0.276. The van der Waals surface area contributed by atoms with Gasteiger partial charge in [-0.25, -0.2) is 0 Å². The van der Waals surface area contributed by atoms with Crippen molar-refractivity contribution in [2.75, 3.05) is 13.7 Å². The van der Waals surface area contributed by atoms with Crippen molar-refractivity contribution in [1.82, 2.24) is 0 Å². The second-order valence-corrected chi connectivity index (χ2v) is 4.15. The van der Waals surface area contributed by atoms with E-state index in [4.69, 9.17) is 16.2 Å². The third-order valence-corrected chi connectivity index (χ3v) is 2.62. The quantitative estimate of drug-likeness (QED) is 0.793. The molecule has 0 aliphatic heterocycles. The predicted molar refractivity (Wildman–Crippen MR) is 70.2 cm³/mol. The smallest absolute Gasteiger partial charge is 0.162 e. The van der Waals surface area contributed by atoms with Crippen LogP contribution in [0.4, 0.5) is 0 Å². The lowest BCUT2D eigenvalue weighted by Crippen LogP contribution is -2.15. The maximum atomic E-state index is 9.84. The average Bonchev–Trinajstić information content (AvgIpc) is 2.21. The SMILES string of the molecule is COc1cc(Br)cc([C@H](N)CCN)c1O.Cl. The lowest BCUT2D eigenvalue weighted by Gasteiger charge is -2.15. The van der Waals surface area contributed by atoms with Crippen LogP contribution in [0.3, 0.4) is 0 Å². The molecule has 4 nitrogen and oxygen atoms in total. The Kier molecular flexibility index (Phi) is 6.74. The summed E-state index contributed by atoms with van der Waals surface area (Å²) >= 11 is 3.33. The maximum Gasteiger partial charge on any atom is 0.162 e. The van der Waals surface area contributed by atoms with Crippen molar-refractivity contribution in [3.05, 3.63) is 22.2 Å². The Balaban J connectivity index is 0.00000225. The third-order valence-electron chi connectivity index (χ3n) is 2.17. The van der Waals surface area contributed by atoms with Crippen molar-refractivity contribution < 1.29 is 9.84 Å². The van der Waals surface area contributed by atoms with Crippen molar-refractivity contribution in [1.29, 1.82) is 0 Å². The first kappa shape index (κ1) is 15.5. The summed E-state index contributed by atoms with van der Waals surface area (Å²) < 4.78 is 5.85. The molecule has 1 atom stereocenters. The van der Waals surface area contributed by atoms with Gasteiger partial charge in [-0.3, -0.25) is 0 Å². The first-order valence-corrected chi connectivity index (χ1v) is 5.41. The molecule has 0 fully saturated rings. The van der Waals surface area contributed by atoms with Gasteiger partial charge in [-0.1, -0.05) is 15.9 Å². The first-order chi connectivity index (χ1) is 7.10. The molecule has 0 unspecified atom stereocenters. The Morgan fingerprint density at radius 3 is 2.62 bits per heavy atom. The number of halogens is 2. The molecule has 0 saturated carbocycles. The minimum Gasteiger partial charge on any atom is -0.504 e. The number of rotatable bonds is 4. The first-order valence-electron chi connectivity index (χ1n) is 4.62. The number of nitrogens with two attached hydrogens (primary N) is 2. The Morgan fingerprint density at radius 2 is 2.12 bits per heavy atom. The average molecular weight is 312 g/mol. The van der Waals surface area contributed by atoms with Gasteiger partial charge in [0.25, 0.3) is 0 Å². The van der Waals surface area contributed by atoms with Gasteiger partial charge < -0.3 is 21.3 Å². The maximum absolute atomic E-state index is 9.84. The second-order valence-electron chi connectivity index (χ2n) is 3.23. The van der Waals surface area contributed by atoms with Gasteiger partial charge in [-0.15, -0.1) is 12.4 Å². The molecule has 0 saturated heterocycles. The lowest BCUT2D eigenvalue weighted by atomic mass is 10.0. The highest BCUT2D eigenvalue weighted by molar-refractivity contribution is 9.10. The fourth-order valence-corrected chi connectivity index (χ4v) is 1.82. The summed E-state index contributed by atoms with van der Waals surface area (Å²) in [6.45, 7) is 0.482. The number of hydrogen-bond donors (Lipinski definition) is 3. The number of hydrogen-bond acceptors (Lipinski definition) is 4. The molecule has 0 spiro atoms. The monoisotopic (exact) mass is 310 g/mol. The van der Waals surface area contributed by atoms with Crippen molar-refractivity contribution in [3.63, 3.8) is 0 Å². The number of ether oxygens (including phenoxy) is 1. The van der Waals surface area contributed by atoms with Gasteiger partial charge in [-0.05, 0) is 25.1 Å². The number of aromatic hydroxyl groups is 1. The second kappa shape index (κ2) is 6.96. The van der Waals surface area contributed by atoms with Gasteiger partial charge in [0.2, 0.25) is 0 Å². The van der Waals surface area contributed by atoms with E-state index in [1.807, 2.05) is 0 Å². The standard InChI is InChI=1S/C10H15BrN2O2.ClH/c1-15-9-5-6(11)4-7(10(9)14)8(13)2-3-12;/h4-5,8,14H,2-3,12-13H2,1H3;1H/t8-;/m1./s1. The summed E-state index contributed by atoms with van der Waals surface area (Å²) in [5.74, 6) is 0.494. The molecule has 5 N–H and O–H groups in total. The van der Waals surface area contributed by atoms with E-state index >= 15 is 0 Å². The zero-order chi connectivity index (χ0) is 11.4. The zero-order valence-corrected chi connectivity index (χ0v) is 11.3. The number of methoxy groups -OCH3 is 1. The molecular weight excluding hydrogens is 295 g/mol. The van der Waals surface area contributed by atoms with Crippen LogP contribution in [0.2, 0.25) is 0 Å². The lowest BCUT2D eigenvalue weighted by molar-refractivity contribution is 0.367. The molecule has 0 aromatic heterocycles. The van der Waals surface area contributed by atoms with Crippen molar-refractivity contribution >= 4 is 28.3 Å². The molecule has 0 aliphatic carbocycles. The summed E-state index contributed by atoms with van der Waals surface area (Å²) in [6, 6.07) is 3.19. The zero-order valence-electron chi connectivity index (χ0n) is 8.94. The molecule has 0 aliphatic rings. The van der Waals surface area contributed by atoms with E-state index in [0.29, 0.717) is 24.3 Å². The van der Waals surface area contributed by atoms with Gasteiger partial charge >= 0.3 is 0 Å². The number of phenols is 1. The highest BCUT2D eigenvalue weighted by atomic mass is 79.9. The van der Waals surface area contributed by atoms with Gasteiger partial charge in [0, 0.05) is 16.1 Å². The summed E-state index contributed by atoms with van der Waals surface area (Å²) in [7, 11) is 1.50. The summed E-state index contributed by atoms with van der Waals surface area (Å²) in [5, 5.41) is 9.84. The van der Waals surface area contributed by atoms with Crippen LogP contribution in [-0.4, -0.2) is 18.8 Å². The van der Waals surface area contributed by atoms with E-state index in [0.717, 1.165) is 4.47 Å². The summed E-state index contributed by atoms with van der Waals surface area (Å²) in [6.07, 6.45) is 0.618. The Hall–Kier alpha value is -0.490. The minimum absolute atomic E-state index is 0. The van der Waals surface area contributed by atoms with E-state index in [9.17, 15) is 5.11 Å². The largest absolute Gasteiger partial charge is 0.504 e. The van der Waals surface area contributed by atoms with Crippen LogP contribution in [0.25, 0.3) is 0 Å². The molecular formula is C10H16BrClN2O2. The van der Waals surface area contributed by atoms with Crippen LogP contribution < -0.4 is 16.2 Å². The van der Waals surface area contributed by atoms with Gasteiger partial charge in [0.05, 0.1) is 7.11 Å². The van der Waals surface area contributed by atoms with Gasteiger partial charge in [-0.2, -0.15) is 0 Å². The van der Waals surface area contributed by atoms with E-state index in [1.54, 1.807) is 12.1 Å². The normalized spacial score (nSPS) is 11.8. The molecule has 1 rings (SSSR count). The Bertz CT molecular complexity index is 350. The van der Waals surface area contributed by atoms with Crippen LogP contribution >= 0.6 is 28.3 Å². The van der Waals surface area contributed by atoms with Crippen molar-refractivity contribution in [2.45, 2.75) is 12.5 Å². The highest BCUT2D eigenvalue weighted by Crippen LogP contribution is 2.36. The van der Waals surface area contributed by atoms with E-state index in [-0.39, 0.29) is 24.2 Å². The van der Waals surface area contributed by atoms with E-state index < -0.39 is 0 Å². The highest BCUT2D eigenvalue weighted by Gasteiger charge is 2.15. The third kappa shape index (κ3) is 3.52. The molecule has 6 heteroatoms. The molecule has 0 radical (unpaired) electrons. The Labute approximate surface area is 109 Å². The van der Waals surface area contributed by atoms with Gasteiger partial charge in [0.15, 0.2) is 11.5 Å². The molecule has 0 bridgehead atoms. The van der Waals surface area contributed by atoms with E-state index in [1.165, 1.54) is 7.11 Å². The van der Waals surface area contributed by atoms with Crippen LogP contribution in [0, 0.1) is 0 Å². The fourth-order valence-electron chi connectivity index (χ4n) is 1.37. The summed E-state index contributed by atoms with van der Waals surface area (Å²) in [5.41, 5.74) is 11.9. The number of benzene rings is 1. The number of phenolic OH excluding ortho intramolecular Hbond substituents is 1. The molecule has 0 heterocycles. The summed E-state index contributed by atoms with van der Waals surface area (Å²) in [4.78, 5) is 0. The molecule has 92 valence electrons. The van der Waals surface area contributed by atoms with E-state index in [2.05, 4.69) is 15.9 Å². The predicted octanol–water partition coefficient (Wildman–Crippen LogP) is 1.93. The van der Waals surface area contributed by atoms with Crippen LogP contribution in [0.1, 0.15) is 18.0 Å². The molecule has 1 aromatic rings. The van der Waals surface area contributed by atoms with Crippen LogP contribution in [0.15, 0.2) is 16.6 Å². The molecule has 16 heavy (non-hydrogen) atoms. The fraction of sp³-hybridized carbons (Fsp3) is 0.400. The van der Waals surface area contributed by atoms with Crippen molar-refractivity contribution in [2.24, 2.45) is 11.5 Å². The van der Waals surface area contributed by atoms with Crippen molar-refractivity contribution in [3.8, 4) is 11.5 Å². The van der Waals surface area contributed by atoms with Crippen LogP contribution in [-0.2, 0) is 0 Å². The Morgan fingerprint density at radius 1 is 1.50 bits per heavy atom. The van der Waals surface area contributed by atoms with Gasteiger partial charge in [0.1, 0.15) is 0 Å².